The molecular formula is C64H38N2. The van der Waals surface area contributed by atoms with E-state index in [0.29, 0.717) is 0 Å². The monoisotopic (exact) mass is 834 g/mol. The summed E-state index contributed by atoms with van der Waals surface area (Å²) in [4.78, 5) is 10.9. The molecule has 0 aliphatic rings. The Morgan fingerprint density at radius 2 is 0.394 bits per heavy atom. The van der Waals surface area contributed by atoms with Gasteiger partial charge in [-0.2, -0.15) is 0 Å². The van der Waals surface area contributed by atoms with Gasteiger partial charge in [-0.15, -0.1) is 0 Å². The maximum absolute atomic E-state index is 5.44. The molecule has 0 unspecified atom stereocenters. The van der Waals surface area contributed by atoms with Crippen molar-refractivity contribution >= 4 is 97.2 Å². The number of nitrogens with zero attached hydrogens (tertiary/aromatic N) is 2. The van der Waals surface area contributed by atoms with Gasteiger partial charge in [-0.05, 0) is 193 Å². The molecule has 0 saturated carbocycles. The Morgan fingerprint density at radius 3 is 0.712 bits per heavy atom. The number of aromatic nitrogens is 2. The molecule has 66 heavy (non-hydrogen) atoms. The summed E-state index contributed by atoms with van der Waals surface area (Å²) in [6, 6.07) is 84.4. The molecule has 0 saturated heterocycles. The van der Waals surface area contributed by atoms with Crippen LogP contribution in [0, 0.1) is 0 Å². The molecule has 304 valence electrons. The molecule has 0 aliphatic heterocycles. The molecule has 0 spiro atoms. The van der Waals surface area contributed by atoms with E-state index in [4.69, 9.17) is 9.97 Å². The Kier molecular flexibility index (Phi) is 8.02. The first kappa shape index (κ1) is 36.7. The molecule has 1 heterocycles. The first-order valence-corrected chi connectivity index (χ1v) is 22.7. The maximum Gasteiger partial charge on any atom is 0.0973 e. The molecule has 0 amide bonds. The van der Waals surface area contributed by atoms with Crippen molar-refractivity contribution in [2.75, 3.05) is 0 Å². The molecule has 0 bridgehead atoms. The zero-order valence-electron chi connectivity index (χ0n) is 35.8. The summed E-state index contributed by atoms with van der Waals surface area (Å²) in [5.41, 5.74) is 10.2. The topological polar surface area (TPSA) is 25.8 Å². The van der Waals surface area contributed by atoms with Gasteiger partial charge in [0.2, 0.25) is 0 Å². The van der Waals surface area contributed by atoms with E-state index in [0.717, 1.165) is 55.4 Å². The Bertz CT molecular complexity index is 4040. The summed E-state index contributed by atoms with van der Waals surface area (Å²) >= 11 is 0. The second-order valence-corrected chi connectivity index (χ2v) is 17.9. The lowest BCUT2D eigenvalue weighted by atomic mass is 9.95. The van der Waals surface area contributed by atoms with Gasteiger partial charge in [0.1, 0.15) is 0 Å². The van der Waals surface area contributed by atoms with E-state index >= 15 is 0 Å². The van der Waals surface area contributed by atoms with Gasteiger partial charge < -0.3 is 0 Å². The van der Waals surface area contributed by atoms with E-state index in [1.54, 1.807) is 0 Å². The second kappa shape index (κ2) is 14.4. The maximum atomic E-state index is 5.44. The summed E-state index contributed by atoms with van der Waals surface area (Å²) in [5.74, 6) is 0. The quantitative estimate of drug-likeness (QED) is 0.165. The van der Waals surface area contributed by atoms with E-state index in [9.17, 15) is 0 Å². The number of rotatable bonds is 4. The van der Waals surface area contributed by atoms with Gasteiger partial charge in [0, 0.05) is 11.1 Å². The van der Waals surface area contributed by atoms with Crippen molar-refractivity contribution in [2.45, 2.75) is 0 Å². The lowest BCUT2D eigenvalue weighted by Crippen LogP contribution is -1.96. The highest BCUT2D eigenvalue weighted by molar-refractivity contribution is 6.08. The third kappa shape index (κ3) is 6.18. The van der Waals surface area contributed by atoms with E-state index in [1.807, 2.05) is 0 Å². The van der Waals surface area contributed by atoms with E-state index < -0.39 is 0 Å². The molecule has 0 aliphatic carbocycles. The first-order valence-electron chi connectivity index (χ1n) is 22.7. The standard InChI is InChI=1S/C64H38N2/c1-3-9-45-27-57-35-53-31-49(21-23-51(53)33-55(57)25-43(45)7-1)39-13-17-41(18-14-39)63-64(66-62-38-60-30-48-12-6-5-11-47(48)29-59(60)37-61(62)65-63)42-19-15-40(16-20-42)50-22-24-52-34-56-26-44-8-2-4-10-46(44)28-58(56)36-54(52)32-50/h1-38H. The van der Waals surface area contributed by atoms with Crippen LogP contribution in [0.15, 0.2) is 231 Å². The second-order valence-electron chi connectivity index (χ2n) is 17.9. The summed E-state index contributed by atoms with van der Waals surface area (Å²) < 4.78 is 0. The summed E-state index contributed by atoms with van der Waals surface area (Å²) in [6.07, 6.45) is 0. The third-order valence-electron chi connectivity index (χ3n) is 13.8. The third-order valence-corrected chi connectivity index (χ3v) is 13.8. The minimum Gasteiger partial charge on any atom is -0.244 e. The van der Waals surface area contributed by atoms with Gasteiger partial charge >= 0.3 is 0 Å². The highest BCUT2D eigenvalue weighted by Gasteiger charge is 2.16. The van der Waals surface area contributed by atoms with Crippen LogP contribution in [0.4, 0.5) is 0 Å². The van der Waals surface area contributed by atoms with E-state index in [1.165, 1.54) is 86.5 Å². The largest absolute Gasteiger partial charge is 0.244 e. The van der Waals surface area contributed by atoms with Crippen LogP contribution in [0.3, 0.4) is 0 Å². The van der Waals surface area contributed by atoms with Crippen molar-refractivity contribution in [1.29, 1.82) is 0 Å². The number of fused-ring (bicyclic) bond motifs is 9. The van der Waals surface area contributed by atoms with E-state index in [2.05, 4.69) is 231 Å². The molecule has 14 aromatic rings. The fourth-order valence-corrected chi connectivity index (χ4v) is 10.3. The highest BCUT2D eigenvalue weighted by Crippen LogP contribution is 2.38. The van der Waals surface area contributed by atoms with Crippen molar-refractivity contribution in [3.63, 3.8) is 0 Å². The molecule has 0 atom stereocenters. The average molecular weight is 835 g/mol. The molecule has 0 radical (unpaired) electrons. The predicted molar refractivity (Wildman–Crippen MR) is 281 cm³/mol. The number of hydrogen-bond acceptors (Lipinski definition) is 2. The zero-order chi connectivity index (χ0) is 43.3. The van der Waals surface area contributed by atoms with Crippen molar-refractivity contribution in [1.82, 2.24) is 9.97 Å². The molecule has 1 aromatic heterocycles. The van der Waals surface area contributed by atoms with Crippen LogP contribution in [0.5, 0.6) is 0 Å². The fraction of sp³-hybridized carbons (Fsp3) is 0. The van der Waals surface area contributed by atoms with Crippen LogP contribution in [0.2, 0.25) is 0 Å². The lowest BCUT2D eigenvalue weighted by molar-refractivity contribution is 1.30. The molecular weight excluding hydrogens is 797 g/mol. The van der Waals surface area contributed by atoms with Crippen molar-refractivity contribution in [3.8, 4) is 44.8 Å². The van der Waals surface area contributed by atoms with Crippen LogP contribution in [0.1, 0.15) is 0 Å². The molecule has 13 aromatic carbocycles. The zero-order valence-corrected chi connectivity index (χ0v) is 35.8. The van der Waals surface area contributed by atoms with Crippen LogP contribution >= 0.6 is 0 Å². The van der Waals surface area contributed by atoms with Crippen LogP contribution in [-0.4, -0.2) is 9.97 Å². The summed E-state index contributed by atoms with van der Waals surface area (Å²) in [7, 11) is 0. The summed E-state index contributed by atoms with van der Waals surface area (Å²) in [6.45, 7) is 0. The van der Waals surface area contributed by atoms with Gasteiger partial charge in [-0.1, -0.05) is 146 Å². The van der Waals surface area contributed by atoms with E-state index in [-0.39, 0.29) is 0 Å². The SMILES string of the molecule is c1ccc2cc3cc4cc(-c5ccc(-c6nc7cc8cc9ccccc9cc8cc7nc6-c6ccc(-c7ccc8cc9cc%10ccccc%10cc9cc8c7)cc6)cc5)ccc4cc3cc2c1. The van der Waals surface area contributed by atoms with Crippen molar-refractivity contribution in [2.24, 2.45) is 0 Å². The Hall–Kier alpha value is -8.72. The molecule has 0 fully saturated rings. The fourth-order valence-electron chi connectivity index (χ4n) is 10.3. The predicted octanol–water partition coefficient (Wildman–Crippen LogP) is 17.5. The minimum absolute atomic E-state index is 0.865. The highest BCUT2D eigenvalue weighted by atomic mass is 14.8. The minimum atomic E-state index is 0.865. The Balaban J connectivity index is 0.858. The number of benzene rings is 13. The average Bonchev–Trinajstić information content (AvgIpc) is 3.36. The smallest absolute Gasteiger partial charge is 0.0973 e. The number of hydrogen-bond donors (Lipinski definition) is 0. The normalized spacial score (nSPS) is 11.9. The first-order chi connectivity index (χ1) is 32.6. The van der Waals surface area contributed by atoms with Gasteiger partial charge in [0.05, 0.1) is 22.4 Å². The molecule has 2 heteroatoms. The molecule has 2 nitrogen and oxygen atoms in total. The Morgan fingerprint density at radius 1 is 0.167 bits per heavy atom. The van der Waals surface area contributed by atoms with Crippen LogP contribution in [-0.2, 0) is 0 Å². The van der Waals surface area contributed by atoms with Gasteiger partial charge in [0.15, 0.2) is 0 Å². The summed E-state index contributed by atoms with van der Waals surface area (Å²) in [5, 5.41) is 19.8. The lowest BCUT2D eigenvalue weighted by Gasteiger charge is -2.13. The molecule has 14 rings (SSSR count). The van der Waals surface area contributed by atoms with Crippen molar-refractivity contribution in [3.05, 3.63) is 231 Å². The Labute approximate surface area is 380 Å². The van der Waals surface area contributed by atoms with Crippen LogP contribution in [0.25, 0.3) is 142 Å². The van der Waals surface area contributed by atoms with Crippen molar-refractivity contribution < 1.29 is 0 Å². The van der Waals surface area contributed by atoms with Gasteiger partial charge in [-0.3, -0.25) is 0 Å². The van der Waals surface area contributed by atoms with Gasteiger partial charge in [-0.25, -0.2) is 9.97 Å². The van der Waals surface area contributed by atoms with Crippen LogP contribution < -0.4 is 0 Å². The van der Waals surface area contributed by atoms with Gasteiger partial charge in [0.25, 0.3) is 0 Å². The molecule has 0 N–H and O–H groups in total.